The minimum absolute atomic E-state index is 0.238. The van der Waals surface area contributed by atoms with Crippen LogP contribution in [-0.2, 0) is 7.05 Å². The lowest BCUT2D eigenvalue weighted by atomic mass is 10.2. The largest absolute Gasteiger partial charge is 0.320 e. The Hall–Kier alpha value is -2.35. The summed E-state index contributed by atoms with van der Waals surface area (Å²) in [5.41, 5.74) is 2.29. The van der Waals surface area contributed by atoms with Crippen LogP contribution in [0.4, 0.5) is 5.69 Å². The monoisotopic (exact) mass is 274 g/mol. The molecular weight excluding hydrogens is 264 g/mol. The second-order valence-electron chi connectivity index (χ2n) is 4.04. The Labute approximate surface area is 112 Å². The number of nitrogens with zero attached hydrogens (tertiary/aromatic N) is 5. The Balaban J connectivity index is 1.94. The number of rotatable bonds is 2. The van der Waals surface area contributed by atoms with Gasteiger partial charge >= 0.3 is 0 Å². The summed E-state index contributed by atoms with van der Waals surface area (Å²) >= 11 is 1.05. The summed E-state index contributed by atoms with van der Waals surface area (Å²) in [4.78, 5) is 16.6. The highest BCUT2D eigenvalue weighted by Gasteiger charge is 2.11. The van der Waals surface area contributed by atoms with Gasteiger partial charge in [-0.05, 0) is 24.5 Å². The van der Waals surface area contributed by atoms with Gasteiger partial charge in [-0.3, -0.25) is 9.48 Å². The van der Waals surface area contributed by atoms with Gasteiger partial charge in [0, 0.05) is 12.4 Å². The number of nitrogens with one attached hydrogen (secondary N) is 1. The van der Waals surface area contributed by atoms with Gasteiger partial charge in [0.05, 0.1) is 23.8 Å². The molecule has 0 bridgehead atoms. The number of fused-ring (bicyclic) bond motifs is 1. The zero-order valence-electron chi connectivity index (χ0n) is 10.3. The van der Waals surface area contributed by atoms with Crippen molar-refractivity contribution in [1.82, 2.24) is 24.4 Å². The molecule has 0 aliphatic heterocycles. The van der Waals surface area contributed by atoms with Crippen molar-refractivity contribution in [2.45, 2.75) is 6.92 Å². The molecule has 0 unspecified atom stereocenters. The fourth-order valence-corrected chi connectivity index (χ4v) is 2.25. The molecule has 0 saturated carbocycles. The zero-order chi connectivity index (χ0) is 13.4. The number of aromatic nitrogens is 5. The fraction of sp³-hybridized carbons (Fsp3) is 0.182. The highest BCUT2D eigenvalue weighted by molar-refractivity contribution is 7.07. The number of hydrogen-bond donors (Lipinski definition) is 1. The van der Waals surface area contributed by atoms with Crippen molar-refractivity contribution in [2.24, 2.45) is 7.05 Å². The number of pyridine rings is 1. The molecule has 0 spiro atoms. The quantitative estimate of drug-likeness (QED) is 0.763. The maximum absolute atomic E-state index is 11.9. The number of anilines is 1. The van der Waals surface area contributed by atoms with E-state index in [4.69, 9.17) is 0 Å². The Kier molecular flexibility index (Phi) is 2.71. The molecule has 8 heteroatoms. The molecule has 0 aliphatic rings. The lowest BCUT2D eigenvalue weighted by Gasteiger charge is -2.02. The molecule has 3 aromatic heterocycles. The van der Waals surface area contributed by atoms with E-state index in [1.807, 2.05) is 20.0 Å². The number of hydrogen-bond acceptors (Lipinski definition) is 6. The summed E-state index contributed by atoms with van der Waals surface area (Å²) in [5.74, 6) is -0.238. The molecule has 0 aliphatic carbocycles. The molecule has 0 aromatic carbocycles. The second-order valence-corrected chi connectivity index (χ2v) is 4.83. The van der Waals surface area contributed by atoms with Crippen molar-refractivity contribution in [3.8, 4) is 0 Å². The van der Waals surface area contributed by atoms with Crippen LogP contribution in [0.3, 0.4) is 0 Å². The maximum atomic E-state index is 11.9. The smallest absolute Gasteiger partial charge is 0.269 e. The Morgan fingerprint density at radius 1 is 1.42 bits per heavy atom. The van der Waals surface area contributed by atoms with E-state index >= 15 is 0 Å². The summed E-state index contributed by atoms with van der Waals surface area (Å²) in [7, 11) is 1.84. The van der Waals surface area contributed by atoms with Crippen molar-refractivity contribution < 1.29 is 4.79 Å². The molecule has 1 amide bonds. The van der Waals surface area contributed by atoms with Gasteiger partial charge in [-0.25, -0.2) is 4.98 Å². The first-order valence-corrected chi connectivity index (χ1v) is 6.30. The van der Waals surface area contributed by atoms with E-state index < -0.39 is 0 Å². The number of aryl methyl sites for hydroxylation is 2. The second kappa shape index (κ2) is 4.39. The molecule has 0 fully saturated rings. The van der Waals surface area contributed by atoms with Gasteiger partial charge < -0.3 is 5.32 Å². The highest BCUT2D eigenvalue weighted by atomic mass is 32.1. The molecule has 19 heavy (non-hydrogen) atoms. The summed E-state index contributed by atoms with van der Waals surface area (Å²) in [6, 6.07) is 1.86. The zero-order valence-corrected chi connectivity index (χ0v) is 11.1. The van der Waals surface area contributed by atoms with Crippen LogP contribution in [0.2, 0.25) is 0 Å². The summed E-state index contributed by atoms with van der Waals surface area (Å²) < 4.78 is 5.37. The third-order valence-corrected chi connectivity index (χ3v) is 3.37. The van der Waals surface area contributed by atoms with E-state index in [0.29, 0.717) is 10.6 Å². The standard InChI is InChI=1S/C11H10N6OS/c1-6-8-3-7(4-12-10(8)17(2)15-6)14-11(18)9-5-13-16-19-9/h3-5H,1-2H3,(H,14,18). The van der Waals surface area contributed by atoms with Crippen LogP contribution in [0.5, 0.6) is 0 Å². The van der Waals surface area contributed by atoms with Crippen molar-refractivity contribution >= 4 is 34.2 Å². The molecule has 0 saturated heterocycles. The summed E-state index contributed by atoms with van der Waals surface area (Å²) in [6.07, 6.45) is 3.04. The first kappa shape index (κ1) is 11.7. The molecule has 3 heterocycles. The van der Waals surface area contributed by atoms with Crippen LogP contribution in [0.25, 0.3) is 11.0 Å². The van der Waals surface area contributed by atoms with Crippen molar-refractivity contribution in [3.05, 3.63) is 29.0 Å². The van der Waals surface area contributed by atoms with Crippen molar-refractivity contribution in [3.63, 3.8) is 0 Å². The molecule has 7 nitrogen and oxygen atoms in total. The Bertz CT molecular complexity index is 748. The molecule has 1 N–H and O–H groups in total. The van der Waals surface area contributed by atoms with Crippen LogP contribution in [0.15, 0.2) is 18.5 Å². The van der Waals surface area contributed by atoms with Crippen LogP contribution >= 0.6 is 11.5 Å². The average molecular weight is 274 g/mol. The van der Waals surface area contributed by atoms with Crippen LogP contribution in [-0.4, -0.2) is 30.3 Å². The van der Waals surface area contributed by atoms with Crippen molar-refractivity contribution in [2.75, 3.05) is 5.32 Å². The van der Waals surface area contributed by atoms with Crippen LogP contribution < -0.4 is 5.32 Å². The van der Waals surface area contributed by atoms with E-state index in [9.17, 15) is 4.79 Å². The molecule has 0 atom stereocenters. The maximum Gasteiger partial charge on any atom is 0.269 e. The summed E-state index contributed by atoms with van der Waals surface area (Å²) in [6.45, 7) is 1.91. The van der Waals surface area contributed by atoms with Gasteiger partial charge in [0.1, 0.15) is 4.88 Å². The lowest BCUT2D eigenvalue weighted by molar-refractivity contribution is 0.103. The van der Waals surface area contributed by atoms with Gasteiger partial charge in [0.2, 0.25) is 0 Å². The third-order valence-electron chi connectivity index (χ3n) is 2.71. The molecule has 96 valence electrons. The predicted octanol–water partition coefficient (Wildman–Crippen LogP) is 1.38. The van der Waals surface area contributed by atoms with E-state index in [0.717, 1.165) is 28.3 Å². The van der Waals surface area contributed by atoms with E-state index in [-0.39, 0.29) is 5.91 Å². The first-order valence-electron chi connectivity index (χ1n) is 5.53. The molecule has 0 radical (unpaired) electrons. The van der Waals surface area contributed by atoms with Gasteiger partial charge in [-0.1, -0.05) is 4.49 Å². The number of carbonyl (C=O) groups excluding carboxylic acids is 1. The Morgan fingerprint density at radius 2 is 2.26 bits per heavy atom. The SMILES string of the molecule is Cc1nn(C)c2ncc(NC(=O)c3cnns3)cc12. The van der Waals surface area contributed by atoms with Gasteiger partial charge in [0.15, 0.2) is 5.65 Å². The van der Waals surface area contributed by atoms with E-state index in [1.54, 1.807) is 10.9 Å². The van der Waals surface area contributed by atoms with Gasteiger partial charge in [-0.15, -0.1) is 5.10 Å². The Morgan fingerprint density at radius 3 is 3.00 bits per heavy atom. The summed E-state index contributed by atoms with van der Waals surface area (Å²) in [5, 5.41) is 11.6. The van der Waals surface area contributed by atoms with Gasteiger partial charge in [0.25, 0.3) is 5.91 Å². The van der Waals surface area contributed by atoms with Crippen molar-refractivity contribution in [1.29, 1.82) is 0 Å². The van der Waals surface area contributed by atoms with E-state index in [1.165, 1.54) is 6.20 Å². The normalized spacial score (nSPS) is 10.8. The third kappa shape index (κ3) is 2.06. The van der Waals surface area contributed by atoms with E-state index in [2.05, 4.69) is 25.0 Å². The van der Waals surface area contributed by atoms with Crippen LogP contribution in [0.1, 0.15) is 15.4 Å². The topological polar surface area (TPSA) is 85.6 Å². The predicted molar refractivity (Wildman–Crippen MR) is 71.1 cm³/mol. The minimum atomic E-state index is -0.238. The first-order chi connectivity index (χ1) is 9.15. The van der Waals surface area contributed by atoms with Gasteiger partial charge in [-0.2, -0.15) is 5.10 Å². The van der Waals surface area contributed by atoms with Crippen LogP contribution in [0, 0.1) is 6.92 Å². The molecule has 3 rings (SSSR count). The number of amides is 1. The molecule has 3 aromatic rings. The lowest BCUT2D eigenvalue weighted by Crippen LogP contribution is -2.10. The average Bonchev–Trinajstić information content (AvgIpc) is 2.99. The number of carbonyl (C=O) groups is 1. The minimum Gasteiger partial charge on any atom is -0.320 e. The fourth-order valence-electron chi connectivity index (χ4n) is 1.84. The molecular formula is C11H10N6OS. The highest BCUT2D eigenvalue weighted by Crippen LogP contribution is 2.19.